The minimum absolute atomic E-state index is 0.0286. The Labute approximate surface area is 166 Å². The average Bonchev–Trinajstić information content (AvgIpc) is 2.74. The highest BCUT2D eigenvalue weighted by Gasteiger charge is 2.33. The summed E-state index contributed by atoms with van der Waals surface area (Å²) >= 11 is 0. The summed E-state index contributed by atoms with van der Waals surface area (Å²) in [6.45, 7) is 8.27. The van der Waals surface area contributed by atoms with Gasteiger partial charge in [0.05, 0.1) is 6.61 Å². The van der Waals surface area contributed by atoms with Crippen LogP contribution < -0.4 is 5.32 Å². The number of carbonyl (C=O) groups is 2. The van der Waals surface area contributed by atoms with E-state index < -0.39 is 6.10 Å². The summed E-state index contributed by atoms with van der Waals surface area (Å²) in [4.78, 5) is 29.2. The van der Waals surface area contributed by atoms with Gasteiger partial charge >= 0.3 is 0 Å². The topological polar surface area (TPSA) is 61.9 Å². The highest BCUT2D eigenvalue weighted by atomic mass is 19.1. The molecule has 1 aromatic carbocycles. The number of likely N-dealkylation sites (N-methyl/N-ethyl adjacent to an activating group) is 1. The molecular weight excluding hydrogens is 361 g/mol. The molecule has 2 fully saturated rings. The molecule has 0 saturated carbocycles. The third kappa shape index (κ3) is 5.08. The minimum Gasteiger partial charge on any atom is -0.366 e. The Hall–Kier alpha value is -1.99. The lowest BCUT2D eigenvalue weighted by molar-refractivity contribution is -0.151. The van der Waals surface area contributed by atoms with Crippen LogP contribution in [0.25, 0.3) is 0 Å². The Morgan fingerprint density at radius 2 is 2.00 bits per heavy atom. The minimum atomic E-state index is -0.393. The predicted molar refractivity (Wildman–Crippen MR) is 104 cm³/mol. The van der Waals surface area contributed by atoms with Crippen molar-refractivity contribution in [2.24, 2.45) is 5.92 Å². The predicted octanol–water partition coefficient (Wildman–Crippen LogP) is 1.71. The first-order valence-corrected chi connectivity index (χ1v) is 10.1. The number of amides is 2. The number of benzene rings is 1. The van der Waals surface area contributed by atoms with Crippen LogP contribution in [0.3, 0.4) is 0 Å². The summed E-state index contributed by atoms with van der Waals surface area (Å²) < 4.78 is 19.3. The Morgan fingerprint density at radius 3 is 2.68 bits per heavy atom. The van der Waals surface area contributed by atoms with Crippen LogP contribution in [-0.4, -0.2) is 67.0 Å². The van der Waals surface area contributed by atoms with Crippen LogP contribution in [0.15, 0.2) is 18.2 Å². The van der Waals surface area contributed by atoms with Gasteiger partial charge in [0.15, 0.2) is 0 Å². The number of nitrogens with zero attached hydrogens (tertiary/aromatic N) is 2. The highest BCUT2D eigenvalue weighted by molar-refractivity contribution is 5.82. The van der Waals surface area contributed by atoms with Crippen LogP contribution in [-0.2, 0) is 20.9 Å². The largest absolute Gasteiger partial charge is 0.366 e. The molecule has 0 unspecified atom stereocenters. The molecule has 2 aliphatic heterocycles. The molecule has 2 saturated heterocycles. The van der Waals surface area contributed by atoms with Gasteiger partial charge in [-0.05, 0) is 43.5 Å². The van der Waals surface area contributed by atoms with Gasteiger partial charge in [0.1, 0.15) is 11.9 Å². The molecule has 2 aliphatic rings. The molecule has 1 aromatic rings. The van der Waals surface area contributed by atoms with E-state index in [0.717, 1.165) is 18.7 Å². The second-order valence-electron chi connectivity index (χ2n) is 7.65. The zero-order valence-corrected chi connectivity index (χ0v) is 16.7. The zero-order valence-electron chi connectivity index (χ0n) is 16.7. The summed E-state index contributed by atoms with van der Waals surface area (Å²) in [5.74, 6) is -0.366. The molecule has 28 heavy (non-hydrogen) atoms. The quantitative estimate of drug-likeness (QED) is 0.830. The molecule has 6 nitrogen and oxygen atoms in total. The lowest BCUT2D eigenvalue weighted by Gasteiger charge is -2.37. The molecule has 2 amide bonds. The number of piperidine rings is 1. The van der Waals surface area contributed by atoms with Crippen molar-refractivity contribution in [2.75, 3.05) is 39.3 Å². The molecule has 0 aromatic heterocycles. The fraction of sp³-hybridized carbons (Fsp3) is 0.619. The van der Waals surface area contributed by atoms with E-state index in [-0.39, 0.29) is 23.5 Å². The van der Waals surface area contributed by atoms with Gasteiger partial charge in [-0.15, -0.1) is 0 Å². The van der Waals surface area contributed by atoms with Crippen molar-refractivity contribution >= 4 is 11.8 Å². The molecule has 0 spiro atoms. The van der Waals surface area contributed by atoms with Crippen molar-refractivity contribution in [2.45, 2.75) is 39.3 Å². The van der Waals surface area contributed by atoms with E-state index in [4.69, 9.17) is 4.74 Å². The van der Waals surface area contributed by atoms with Crippen molar-refractivity contribution in [3.63, 3.8) is 0 Å². The molecule has 3 rings (SSSR count). The summed E-state index contributed by atoms with van der Waals surface area (Å²) in [6.07, 6.45) is 0.893. The molecule has 0 radical (unpaired) electrons. The van der Waals surface area contributed by atoms with E-state index in [1.807, 2.05) is 11.0 Å². The first-order valence-electron chi connectivity index (χ1n) is 10.1. The van der Waals surface area contributed by atoms with Crippen LogP contribution in [0.2, 0.25) is 0 Å². The molecule has 0 aliphatic carbocycles. The summed E-state index contributed by atoms with van der Waals surface area (Å²) in [7, 11) is 0. The molecule has 2 heterocycles. The molecule has 0 bridgehead atoms. The number of nitrogens with one attached hydrogen (secondary N) is 1. The summed E-state index contributed by atoms with van der Waals surface area (Å²) in [6, 6.07) is 5.00. The number of morpholine rings is 1. The van der Waals surface area contributed by atoms with Crippen molar-refractivity contribution < 1.29 is 18.7 Å². The molecule has 7 heteroatoms. The molecule has 1 N–H and O–H groups in total. The molecular formula is C21H30FN3O3. The van der Waals surface area contributed by atoms with Crippen LogP contribution >= 0.6 is 0 Å². The Morgan fingerprint density at radius 1 is 1.25 bits per heavy atom. The van der Waals surface area contributed by atoms with E-state index >= 15 is 0 Å². The van der Waals surface area contributed by atoms with Crippen LogP contribution in [0.4, 0.5) is 4.39 Å². The standard InChI is InChI=1S/C21H30FN3O3/c1-3-24-10-11-28-19(14-24)21(27)25-8-6-17(7-9-25)20(26)23-13-16-5-4-15(2)18(22)12-16/h4-5,12,17,19H,3,6-11,13-14H2,1-2H3,(H,23,26)/t19-/m0/s1. The van der Waals surface area contributed by atoms with Gasteiger partial charge in [0, 0.05) is 38.6 Å². The molecule has 1 atom stereocenters. The van der Waals surface area contributed by atoms with Gasteiger partial charge < -0.3 is 15.0 Å². The fourth-order valence-electron chi connectivity index (χ4n) is 3.78. The summed E-state index contributed by atoms with van der Waals surface area (Å²) in [5, 5.41) is 2.90. The maximum Gasteiger partial charge on any atom is 0.253 e. The Bertz CT molecular complexity index is 704. The number of likely N-dealkylation sites (tertiary alicyclic amines) is 1. The first-order chi connectivity index (χ1) is 13.5. The fourth-order valence-corrected chi connectivity index (χ4v) is 3.78. The van der Waals surface area contributed by atoms with Crippen molar-refractivity contribution in [3.05, 3.63) is 35.1 Å². The number of rotatable bonds is 5. The number of halogens is 1. The average molecular weight is 391 g/mol. The molecule has 154 valence electrons. The summed E-state index contributed by atoms with van der Waals surface area (Å²) in [5.41, 5.74) is 1.34. The third-order valence-corrected chi connectivity index (χ3v) is 5.75. The van der Waals surface area contributed by atoms with E-state index in [0.29, 0.717) is 51.2 Å². The lowest BCUT2D eigenvalue weighted by atomic mass is 9.95. The van der Waals surface area contributed by atoms with Crippen LogP contribution in [0.1, 0.15) is 30.9 Å². The van der Waals surface area contributed by atoms with Gasteiger partial charge in [-0.2, -0.15) is 0 Å². The van der Waals surface area contributed by atoms with Crippen LogP contribution in [0, 0.1) is 18.7 Å². The SMILES string of the molecule is CCN1CCO[C@H](C(=O)N2CCC(C(=O)NCc3ccc(C)c(F)c3)CC2)C1. The van der Waals surface area contributed by atoms with Gasteiger partial charge in [0.25, 0.3) is 5.91 Å². The van der Waals surface area contributed by atoms with Crippen molar-refractivity contribution in [1.82, 2.24) is 15.1 Å². The van der Waals surface area contributed by atoms with Crippen LogP contribution in [0.5, 0.6) is 0 Å². The smallest absolute Gasteiger partial charge is 0.253 e. The van der Waals surface area contributed by atoms with Crippen molar-refractivity contribution in [1.29, 1.82) is 0 Å². The number of carbonyl (C=O) groups excluding carboxylic acids is 2. The van der Waals surface area contributed by atoms with Gasteiger partial charge in [-0.25, -0.2) is 4.39 Å². The maximum absolute atomic E-state index is 13.6. The van der Waals surface area contributed by atoms with Gasteiger partial charge in [0.2, 0.25) is 5.91 Å². The van der Waals surface area contributed by atoms with Gasteiger partial charge in [-0.3, -0.25) is 14.5 Å². The van der Waals surface area contributed by atoms with Crippen molar-refractivity contribution in [3.8, 4) is 0 Å². The normalized spacial score (nSPS) is 21.5. The second kappa shape index (κ2) is 9.47. The number of aryl methyl sites for hydroxylation is 1. The zero-order chi connectivity index (χ0) is 20.1. The third-order valence-electron chi connectivity index (χ3n) is 5.75. The van der Waals surface area contributed by atoms with Gasteiger partial charge in [-0.1, -0.05) is 19.1 Å². The lowest BCUT2D eigenvalue weighted by Crippen LogP contribution is -2.53. The second-order valence-corrected chi connectivity index (χ2v) is 7.65. The highest BCUT2D eigenvalue weighted by Crippen LogP contribution is 2.20. The van der Waals surface area contributed by atoms with E-state index in [1.54, 1.807) is 13.0 Å². The number of hydrogen-bond donors (Lipinski definition) is 1. The number of hydrogen-bond acceptors (Lipinski definition) is 4. The Kier molecular flexibility index (Phi) is 7.02. The Balaban J connectivity index is 1.44. The maximum atomic E-state index is 13.6. The van der Waals surface area contributed by atoms with E-state index in [1.165, 1.54) is 6.07 Å². The first kappa shape index (κ1) is 20.7. The monoisotopic (exact) mass is 391 g/mol. The van der Waals surface area contributed by atoms with E-state index in [9.17, 15) is 14.0 Å². The number of ether oxygens (including phenoxy) is 1. The van der Waals surface area contributed by atoms with E-state index in [2.05, 4.69) is 17.1 Å².